The fourth-order valence-electron chi connectivity index (χ4n) is 3.85. The molecule has 2 heterocycles. The van der Waals surface area contributed by atoms with Crippen molar-refractivity contribution in [1.29, 1.82) is 0 Å². The summed E-state index contributed by atoms with van der Waals surface area (Å²) in [5.74, 6) is 0.668. The van der Waals surface area contributed by atoms with E-state index in [9.17, 15) is 9.59 Å². The monoisotopic (exact) mass is 405 g/mol. The number of amides is 1. The number of aromatic nitrogens is 2. The molecule has 0 saturated carbocycles. The minimum absolute atomic E-state index is 0.116. The van der Waals surface area contributed by atoms with E-state index in [-0.39, 0.29) is 23.8 Å². The molecule has 0 radical (unpaired) electrons. The van der Waals surface area contributed by atoms with Crippen molar-refractivity contribution in [2.75, 3.05) is 5.32 Å². The number of hydrogen-bond acceptors (Lipinski definition) is 4. The average molecular weight is 406 g/mol. The number of hydrogen-bond donors (Lipinski definition) is 2. The molecule has 148 valence electrons. The van der Waals surface area contributed by atoms with E-state index in [0.717, 1.165) is 22.3 Å². The maximum Gasteiger partial charge on any atom is 0.257 e. The molecular weight excluding hydrogens is 382 g/mol. The first kappa shape index (κ1) is 19.5. The zero-order valence-electron chi connectivity index (χ0n) is 16.7. The van der Waals surface area contributed by atoms with E-state index in [1.165, 1.54) is 17.3 Å². The van der Waals surface area contributed by atoms with Crippen LogP contribution in [0.4, 0.5) is 5.82 Å². The summed E-state index contributed by atoms with van der Waals surface area (Å²) < 4.78 is 0. The zero-order valence-corrected chi connectivity index (χ0v) is 17.5. The number of fused-ring (bicyclic) bond motifs is 1. The van der Waals surface area contributed by atoms with E-state index >= 15 is 0 Å². The summed E-state index contributed by atoms with van der Waals surface area (Å²) in [6, 6.07) is 14.3. The first-order valence-electron chi connectivity index (χ1n) is 9.60. The van der Waals surface area contributed by atoms with Gasteiger partial charge in [0.15, 0.2) is 5.16 Å². The summed E-state index contributed by atoms with van der Waals surface area (Å²) in [6.07, 6.45) is 0.247. The number of nitrogens with zero attached hydrogens (tertiary/aromatic N) is 1. The lowest BCUT2D eigenvalue weighted by Crippen LogP contribution is -2.31. The van der Waals surface area contributed by atoms with Crippen LogP contribution in [0.15, 0.2) is 52.4 Å². The maximum atomic E-state index is 13.0. The van der Waals surface area contributed by atoms with Crippen molar-refractivity contribution >= 4 is 23.5 Å². The Bertz CT molecular complexity index is 1150. The van der Waals surface area contributed by atoms with Gasteiger partial charge in [0.05, 0.1) is 5.56 Å². The molecule has 0 bridgehead atoms. The van der Waals surface area contributed by atoms with Gasteiger partial charge < -0.3 is 10.3 Å². The fourth-order valence-corrected chi connectivity index (χ4v) is 4.66. The third-order valence-corrected chi connectivity index (χ3v) is 6.13. The van der Waals surface area contributed by atoms with Crippen molar-refractivity contribution in [2.45, 2.75) is 44.0 Å². The van der Waals surface area contributed by atoms with Crippen molar-refractivity contribution in [3.05, 3.63) is 86.2 Å². The van der Waals surface area contributed by atoms with E-state index < -0.39 is 0 Å². The Hall–Kier alpha value is -2.86. The second kappa shape index (κ2) is 7.87. The van der Waals surface area contributed by atoms with Gasteiger partial charge in [-0.3, -0.25) is 9.59 Å². The topological polar surface area (TPSA) is 74.8 Å². The molecular formula is C23H23N3O2S. The summed E-state index contributed by atoms with van der Waals surface area (Å²) in [7, 11) is 0. The van der Waals surface area contributed by atoms with Gasteiger partial charge in [-0.15, -0.1) is 0 Å². The van der Waals surface area contributed by atoms with Gasteiger partial charge in [0.25, 0.3) is 5.56 Å². The smallest absolute Gasteiger partial charge is 0.257 e. The number of nitrogens with one attached hydrogen (secondary N) is 2. The Morgan fingerprint density at radius 2 is 1.86 bits per heavy atom. The van der Waals surface area contributed by atoms with Gasteiger partial charge in [0.1, 0.15) is 5.82 Å². The predicted molar refractivity (Wildman–Crippen MR) is 117 cm³/mol. The standard InChI is InChI=1S/C23H23N3O2S/c1-13-5-4-6-16(10-13)12-29-23-25-21-20(22(28)26-23)18(11-19(27)24-21)17-8-7-14(2)9-15(17)3/h4-10,18H,11-12H2,1-3H3,(H2,24,25,26,27,28)/t18-/m0/s1. The van der Waals surface area contributed by atoms with Crippen molar-refractivity contribution in [3.63, 3.8) is 0 Å². The molecule has 2 N–H and O–H groups in total. The number of aryl methyl sites for hydroxylation is 3. The Balaban J connectivity index is 1.67. The second-order valence-electron chi connectivity index (χ2n) is 7.58. The molecule has 6 heteroatoms. The molecule has 1 atom stereocenters. The van der Waals surface area contributed by atoms with Crippen LogP contribution in [-0.4, -0.2) is 15.9 Å². The summed E-state index contributed by atoms with van der Waals surface area (Å²) in [4.78, 5) is 32.8. The minimum atomic E-state index is -0.286. The molecule has 4 rings (SSSR count). The van der Waals surface area contributed by atoms with E-state index in [1.54, 1.807) is 0 Å². The summed E-state index contributed by atoms with van der Waals surface area (Å²) in [5.41, 5.74) is 5.93. The third kappa shape index (κ3) is 4.12. The lowest BCUT2D eigenvalue weighted by molar-refractivity contribution is -0.116. The van der Waals surface area contributed by atoms with Crippen LogP contribution in [-0.2, 0) is 10.5 Å². The van der Waals surface area contributed by atoms with Crippen LogP contribution in [0.5, 0.6) is 0 Å². The maximum absolute atomic E-state index is 13.0. The summed E-state index contributed by atoms with van der Waals surface area (Å²) in [6.45, 7) is 6.10. The molecule has 3 aromatic rings. The van der Waals surface area contributed by atoms with Crippen LogP contribution >= 0.6 is 11.8 Å². The molecule has 1 aromatic heterocycles. The molecule has 5 nitrogen and oxygen atoms in total. The average Bonchev–Trinajstić information content (AvgIpc) is 2.65. The Labute approximate surface area is 174 Å². The Morgan fingerprint density at radius 1 is 1.07 bits per heavy atom. The SMILES string of the molecule is Cc1cccc(CSc2nc3c(c(=O)[nH]2)[C@H](c2ccc(C)cc2C)CC(=O)N3)c1. The molecule has 0 aliphatic carbocycles. The van der Waals surface area contributed by atoms with Gasteiger partial charge in [-0.05, 0) is 37.5 Å². The van der Waals surface area contributed by atoms with Crippen LogP contribution in [0, 0.1) is 20.8 Å². The highest BCUT2D eigenvalue weighted by molar-refractivity contribution is 7.98. The quantitative estimate of drug-likeness (QED) is 0.496. The molecule has 0 fully saturated rings. The molecule has 1 amide bonds. The first-order chi connectivity index (χ1) is 13.9. The first-order valence-corrected chi connectivity index (χ1v) is 10.6. The molecule has 1 aliphatic rings. The third-order valence-electron chi connectivity index (χ3n) is 5.19. The number of H-pyrrole nitrogens is 1. The number of rotatable bonds is 4. The van der Waals surface area contributed by atoms with Crippen molar-refractivity contribution in [2.24, 2.45) is 0 Å². The summed E-state index contributed by atoms with van der Waals surface area (Å²) >= 11 is 1.45. The molecule has 1 aliphatic heterocycles. The van der Waals surface area contributed by atoms with Gasteiger partial charge >= 0.3 is 0 Å². The van der Waals surface area contributed by atoms with Gasteiger partial charge in [0, 0.05) is 18.1 Å². The zero-order chi connectivity index (χ0) is 20.5. The van der Waals surface area contributed by atoms with E-state index in [1.807, 2.05) is 32.0 Å². The molecule has 0 saturated heterocycles. The van der Waals surface area contributed by atoms with Crippen molar-refractivity contribution < 1.29 is 4.79 Å². The van der Waals surface area contributed by atoms with E-state index in [2.05, 4.69) is 46.5 Å². The van der Waals surface area contributed by atoms with Crippen LogP contribution in [0.25, 0.3) is 0 Å². The van der Waals surface area contributed by atoms with Crippen molar-refractivity contribution in [3.8, 4) is 0 Å². The van der Waals surface area contributed by atoms with Crippen LogP contribution in [0.1, 0.15) is 45.7 Å². The molecule has 2 aromatic carbocycles. The molecule has 29 heavy (non-hydrogen) atoms. The fraction of sp³-hybridized carbons (Fsp3) is 0.261. The number of carbonyl (C=O) groups excluding carboxylic acids is 1. The highest BCUT2D eigenvalue weighted by atomic mass is 32.2. The minimum Gasteiger partial charge on any atom is -0.310 e. The van der Waals surface area contributed by atoms with E-state index in [0.29, 0.717) is 22.3 Å². The normalized spacial score (nSPS) is 15.7. The van der Waals surface area contributed by atoms with Crippen LogP contribution in [0.3, 0.4) is 0 Å². The predicted octanol–water partition coefficient (Wildman–Crippen LogP) is 4.46. The Morgan fingerprint density at radius 3 is 2.62 bits per heavy atom. The van der Waals surface area contributed by atoms with Gasteiger partial charge in [-0.1, -0.05) is 65.4 Å². The van der Waals surface area contributed by atoms with E-state index in [4.69, 9.17) is 0 Å². The number of benzene rings is 2. The lowest BCUT2D eigenvalue weighted by Gasteiger charge is -2.25. The number of thioether (sulfide) groups is 1. The Kier molecular flexibility index (Phi) is 5.28. The van der Waals surface area contributed by atoms with Crippen molar-refractivity contribution in [1.82, 2.24) is 9.97 Å². The number of carbonyl (C=O) groups is 1. The number of aromatic amines is 1. The van der Waals surface area contributed by atoms with Gasteiger partial charge in [0.2, 0.25) is 5.91 Å². The summed E-state index contributed by atoms with van der Waals surface area (Å²) in [5, 5.41) is 3.31. The largest absolute Gasteiger partial charge is 0.310 e. The van der Waals surface area contributed by atoms with Crippen LogP contribution < -0.4 is 10.9 Å². The van der Waals surface area contributed by atoms with Gasteiger partial charge in [-0.25, -0.2) is 4.98 Å². The van der Waals surface area contributed by atoms with Gasteiger partial charge in [-0.2, -0.15) is 0 Å². The lowest BCUT2D eigenvalue weighted by atomic mass is 9.84. The highest BCUT2D eigenvalue weighted by Crippen LogP contribution is 2.36. The number of anilines is 1. The molecule has 0 spiro atoms. The molecule has 0 unspecified atom stereocenters. The second-order valence-corrected chi connectivity index (χ2v) is 8.54. The van der Waals surface area contributed by atoms with Crippen LogP contribution in [0.2, 0.25) is 0 Å². The highest BCUT2D eigenvalue weighted by Gasteiger charge is 2.31.